The molecule has 1 heterocycles. The summed E-state index contributed by atoms with van der Waals surface area (Å²) in [5.41, 5.74) is 0.960. The molecule has 0 aliphatic carbocycles. The van der Waals surface area contributed by atoms with Crippen molar-refractivity contribution in [1.29, 1.82) is 0 Å². The van der Waals surface area contributed by atoms with Gasteiger partial charge in [0.15, 0.2) is 16.8 Å². The molecule has 0 fully saturated rings. The van der Waals surface area contributed by atoms with Gasteiger partial charge >= 0.3 is 0 Å². The fourth-order valence-electron chi connectivity index (χ4n) is 2.65. The van der Waals surface area contributed by atoms with E-state index in [0.717, 1.165) is 5.75 Å². The number of ether oxygens (including phenoxy) is 1. The number of ketones is 1. The van der Waals surface area contributed by atoms with E-state index in [-0.39, 0.29) is 17.4 Å². The largest absolute Gasteiger partial charge is 0.494 e. The topological polar surface area (TPSA) is 57.0 Å². The van der Waals surface area contributed by atoms with E-state index in [4.69, 9.17) is 4.74 Å². The number of aromatic nitrogens is 3. The van der Waals surface area contributed by atoms with Gasteiger partial charge in [-0.1, -0.05) is 30.0 Å². The van der Waals surface area contributed by atoms with Crippen LogP contribution in [0.2, 0.25) is 0 Å². The van der Waals surface area contributed by atoms with Crippen LogP contribution in [0.25, 0.3) is 11.4 Å². The highest BCUT2D eigenvalue weighted by molar-refractivity contribution is 7.99. The van der Waals surface area contributed by atoms with Gasteiger partial charge in [0.05, 0.1) is 17.9 Å². The summed E-state index contributed by atoms with van der Waals surface area (Å²) >= 11 is 1.26. The molecular weight excluding hydrogens is 377 g/mol. The SMILES string of the molecule is C=CCn1c(SCC(=O)c2ccc(OCC)cc2)nnc1-c1ccccc1F. The van der Waals surface area contributed by atoms with Gasteiger partial charge in [-0.25, -0.2) is 4.39 Å². The molecule has 2 aromatic carbocycles. The molecule has 3 rings (SSSR count). The minimum Gasteiger partial charge on any atom is -0.494 e. The highest BCUT2D eigenvalue weighted by Gasteiger charge is 2.17. The second-order valence-corrected chi connectivity index (χ2v) is 6.80. The summed E-state index contributed by atoms with van der Waals surface area (Å²) in [6.07, 6.45) is 1.69. The standard InChI is InChI=1S/C21H20FN3O2S/c1-3-13-25-20(17-7-5-6-8-18(17)22)23-24-21(25)28-14-19(26)15-9-11-16(12-10-15)27-4-2/h3,5-12H,1,4,13-14H2,2H3. The molecule has 0 atom stereocenters. The van der Waals surface area contributed by atoms with Crippen LogP contribution >= 0.6 is 11.8 Å². The number of thioether (sulfide) groups is 1. The van der Waals surface area contributed by atoms with Crippen molar-refractivity contribution in [3.8, 4) is 17.1 Å². The van der Waals surface area contributed by atoms with Gasteiger partial charge in [-0.2, -0.15) is 0 Å². The van der Waals surface area contributed by atoms with Crippen LogP contribution in [0.5, 0.6) is 5.75 Å². The minimum atomic E-state index is -0.373. The van der Waals surface area contributed by atoms with E-state index >= 15 is 0 Å². The molecule has 0 spiro atoms. The second kappa shape index (κ2) is 9.32. The maximum Gasteiger partial charge on any atom is 0.192 e. The summed E-state index contributed by atoms with van der Waals surface area (Å²) in [6, 6.07) is 13.4. The number of carbonyl (C=O) groups is 1. The van der Waals surface area contributed by atoms with Crippen molar-refractivity contribution in [2.45, 2.75) is 18.6 Å². The molecule has 28 heavy (non-hydrogen) atoms. The third-order valence-corrected chi connectivity index (χ3v) is 4.93. The van der Waals surface area contributed by atoms with Gasteiger partial charge in [-0.3, -0.25) is 9.36 Å². The Morgan fingerprint density at radius 3 is 2.64 bits per heavy atom. The van der Waals surface area contributed by atoms with Gasteiger partial charge in [-0.15, -0.1) is 16.8 Å². The number of carbonyl (C=O) groups excluding carboxylic acids is 1. The lowest BCUT2D eigenvalue weighted by Crippen LogP contribution is -2.06. The molecule has 0 amide bonds. The normalized spacial score (nSPS) is 10.6. The van der Waals surface area contributed by atoms with Crippen LogP contribution in [0.3, 0.4) is 0 Å². The monoisotopic (exact) mass is 397 g/mol. The molecule has 0 saturated carbocycles. The first-order valence-corrected chi connectivity index (χ1v) is 9.80. The van der Waals surface area contributed by atoms with Crippen LogP contribution in [-0.4, -0.2) is 32.9 Å². The lowest BCUT2D eigenvalue weighted by Gasteiger charge is -2.08. The Morgan fingerprint density at radius 2 is 1.96 bits per heavy atom. The first-order chi connectivity index (χ1) is 13.6. The van der Waals surface area contributed by atoms with Crippen molar-refractivity contribution in [3.63, 3.8) is 0 Å². The zero-order chi connectivity index (χ0) is 19.9. The summed E-state index contributed by atoms with van der Waals surface area (Å²) in [7, 11) is 0. The summed E-state index contributed by atoms with van der Waals surface area (Å²) < 4.78 is 21.3. The van der Waals surface area contributed by atoms with Crippen molar-refractivity contribution >= 4 is 17.5 Å². The molecule has 0 aliphatic rings. The van der Waals surface area contributed by atoms with Gasteiger partial charge in [-0.05, 0) is 43.3 Å². The molecule has 0 N–H and O–H groups in total. The predicted molar refractivity (Wildman–Crippen MR) is 108 cm³/mol. The predicted octanol–water partition coefficient (Wildman–Crippen LogP) is 4.64. The molecule has 0 saturated heterocycles. The van der Waals surface area contributed by atoms with E-state index < -0.39 is 0 Å². The fraction of sp³-hybridized carbons (Fsp3) is 0.190. The third-order valence-electron chi connectivity index (χ3n) is 3.96. The van der Waals surface area contributed by atoms with Crippen LogP contribution in [-0.2, 0) is 6.54 Å². The van der Waals surface area contributed by atoms with E-state index in [1.54, 1.807) is 53.1 Å². The maximum absolute atomic E-state index is 14.1. The van der Waals surface area contributed by atoms with E-state index in [0.29, 0.717) is 35.3 Å². The number of Topliss-reactive ketones (excluding diaryl/α,β-unsaturated/α-hetero) is 1. The molecular formula is C21H20FN3O2S. The smallest absolute Gasteiger partial charge is 0.192 e. The Morgan fingerprint density at radius 1 is 1.21 bits per heavy atom. The number of hydrogen-bond donors (Lipinski definition) is 0. The quantitative estimate of drug-likeness (QED) is 0.299. The Kier molecular flexibility index (Phi) is 6.60. The van der Waals surface area contributed by atoms with E-state index in [2.05, 4.69) is 16.8 Å². The molecule has 1 aromatic heterocycles. The van der Waals surface area contributed by atoms with Crippen LogP contribution < -0.4 is 4.74 Å². The Bertz CT molecular complexity index is 970. The molecule has 3 aromatic rings. The Balaban J connectivity index is 1.76. The molecule has 0 bridgehead atoms. The average molecular weight is 397 g/mol. The van der Waals surface area contributed by atoms with Gasteiger partial charge in [0, 0.05) is 12.1 Å². The summed E-state index contributed by atoms with van der Waals surface area (Å²) in [5.74, 6) is 0.928. The zero-order valence-electron chi connectivity index (χ0n) is 15.5. The van der Waals surface area contributed by atoms with Crippen LogP contribution in [0.15, 0.2) is 66.3 Å². The molecule has 7 heteroatoms. The Labute approximate surface area is 167 Å². The summed E-state index contributed by atoms with van der Waals surface area (Å²) in [5, 5.41) is 8.81. The third kappa shape index (κ3) is 4.48. The van der Waals surface area contributed by atoms with E-state index in [1.807, 2.05) is 6.92 Å². The van der Waals surface area contributed by atoms with Gasteiger partial charge < -0.3 is 4.74 Å². The highest BCUT2D eigenvalue weighted by atomic mass is 32.2. The van der Waals surface area contributed by atoms with Gasteiger partial charge in [0.2, 0.25) is 0 Å². The molecule has 0 unspecified atom stereocenters. The molecule has 0 radical (unpaired) electrons. The first kappa shape index (κ1) is 19.8. The summed E-state index contributed by atoms with van der Waals surface area (Å²) in [6.45, 7) is 6.64. The Hall–Kier alpha value is -2.93. The van der Waals surface area contributed by atoms with Crippen molar-refractivity contribution in [1.82, 2.24) is 14.8 Å². The fourth-order valence-corrected chi connectivity index (χ4v) is 3.49. The van der Waals surface area contributed by atoms with Crippen molar-refractivity contribution < 1.29 is 13.9 Å². The summed E-state index contributed by atoms with van der Waals surface area (Å²) in [4.78, 5) is 12.5. The number of benzene rings is 2. The van der Waals surface area contributed by atoms with Crippen LogP contribution in [0.4, 0.5) is 4.39 Å². The molecule has 5 nitrogen and oxygen atoms in total. The van der Waals surface area contributed by atoms with Crippen molar-refractivity contribution in [2.75, 3.05) is 12.4 Å². The van der Waals surface area contributed by atoms with Crippen LogP contribution in [0.1, 0.15) is 17.3 Å². The minimum absolute atomic E-state index is 0.0337. The van der Waals surface area contributed by atoms with E-state index in [9.17, 15) is 9.18 Å². The lowest BCUT2D eigenvalue weighted by atomic mass is 10.1. The number of hydrogen-bond acceptors (Lipinski definition) is 5. The van der Waals surface area contributed by atoms with Crippen molar-refractivity contribution in [3.05, 3.63) is 72.6 Å². The average Bonchev–Trinajstić information content (AvgIpc) is 3.10. The van der Waals surface area contributed by atoms with Gasteiger partial charge in [0.1, 0.15) is 11.6 Å². The maximum atomic E-state index is 14.1. The molecule has 144 valence electrons. The van der Waals surface area contributed by atoms with Crippen molar-refractivity contribution in [2.24, 2.45) is 0 Å². The molecule has 0 aliphatic heterocycles. The number of nitrogens with zero attached hydrogens (tertiary/aromatic N) is 3. The van der Waals surface area contributed by atoms with Gasteiger partial charge in [0.25, 0.3) is 0 Å². The second-order valence-electron chi connectivity index (χ2n) is 5.85. The highest BCUT2D eigenvalue weighted by Crippen LogP contribution is 2.26. The zero-order valence-corrected chi connectivity index (χ0v) is 16.3. The number of allylic oxidation sites excluding steroid dienone is 1. The van der Waals surface area contributed by atoms with E-state index in [1.165, 1.54) is 17.8 Å². The lowest BCUT2D eigenvalue weighted by molar-refractivity contribution is 0.102. The number of halogens is 1. The van der Waals surface area contributed by atoms with Crippen LogP contribution in [0, 0.1) is 5.82 Å². The first-order valence-electron chi connectivity index (χ1n) is 8.82. The number of rotatable bonds is 9.